The maximum absolute atomic E-state index is 12.7. The van der Waals surface area contributed by atoms with Gasteiger partial charge >= 0.3 is 0 Å². The molecule has 0 unspecified atom stereocenters. The number of hydrogen-bond donors (Lipinski definition) is 2. The van der Waals surface area contributed by atoms with Crippen LogP contribution in [0, 0.1) is 0 Å². The largest absolute Gasteiger partial charge is 0.508 e. The van der Waals surface area contributed by atoms with Crippen molar-refractivity contribution in [3.8, 4) is 22.8 Å². The zero-order valence-corrected chi connectivity index (χ0v) is 14.9. The summed E-state index contributed by atoms with van der Waals surface area (Å²) in [5.41, 5.74) is 2.32. The molecule has 4 rings (SSSR count). The van der Waals surface area contributed by atoms with Crippen LogP contribution in [-0.2, 0) is 6.54 Å². The Morgan fingerprint density at radius 3 is 2.48 bits per heavy atom. The van der Waals surface area contributed by atoms with Crippen LogP contribution in [0.25, 0.3) is 22.2 Å². The number of aromatic nitrogens is 2. The Balaban J connectivity index is 2.09. The summed E-state index contributed by atoms with van der Waals surface area (Å²) in [4.78, 5) is 16.7. The predicted molar refractivity (Wildman–Crippen MR) is 105 cm³/mol. The molecule has 2 heterocycles. The molecule has 2 aromatic heterocycles. The standard InChI is InChI=1S/C21H15ClN2O3/c22-16-4-2-1-3-15(16)17-11-20(27)21-18(9-14(25)10-19(21)26)24(17)12-13-5-7-23-8-6-13/h1-11,25-26H,12H2. The summed E-state index contributed by atoms with van der Waals surface area (Å²) in [6.45, 7) is 0.406. The van der Waals surface area contributed by atoms with Crippen molar-refractivity contribution in [1.82, 2.24) is 9.55 Å². The molecule has 134 valence electrons. The molecule has 0 aliphatic rings. The van der Waals surface area contributed by atoms with Gasteiger partial charge in [-0.1, -0.05) is 29.8 Å². The van der Waals surface area contributed by atoms with Crippen LogP contribution < -0.4 is 5.43 Å². The molecule has 2 N–H and O–H groups in total. The molecule has 0 atom stereocenters. The number of aromatic hydroxyl groups is 2. The minimum atomic E-state index is -0.344. The van der Waals surface area contributed by atoms with Crippen molar-refractivity contribution in [2.45, 2.75) is 6.54 Å². The third-order valence-corrected chi connectivity index (χ3v) is 4.75. The number of halogens is 1. The first kappa shape index (κ1) is 17.1. The SMILES string of the molecule is O=c1cc(-c2ccccc2Cl)n(Cc2ccncc2)c2cc(O)cc(O)c12. The van der Waals surface area contributed by atoms with Gasteiger partial charge in [0.2, 0.25) is 0 Å². The van der Waals surface area contributed by atoms with Crippen molar-refractivity contribution < 1.29 is 10.2 Å². The lowest BCUT2D eigenvalue weighted by Crippen LogP contribution is -2.13. The molecule has 0 amide bonds. The highest BCUT2D eigenvalue weighted by Crippen LogP contribution is 2.33. The monoisotopic (exact) mass is 378 g/mol. The van der Waals surface area contributed by atoms with E-state index < -0.39 is 0 Å². The molecule has 5 nitrogen and oxygen atoms in total. The Hall–Kier alpha value is -3.31. The second-order valence-electron chi connectivity index (χ2n) is 6.17. The molecule has 27 heavy (non-hydrogen) atoms. The summed E-state index contributed by atoms with van der Waals surface area (Å²) in [6, 6.07) is 15.1. The van der Waals surface area contributed by atoms with Crippen LogP contribution in [0.1, 0.15) is 5.56 Å². The average molecular weight is 379 g/mol. The number of pyridine rings is 2. The molecule has 0 radical (unpaired) electrons. The molecular formula is C21H15ClN2O3. The minimum absolute atomic E-state index is 0.126. The smallest absolute Gasteiger partial charge is 0.193 e. The lowest BCUT2D eigenvalue weighted by Gasteiger charge is -2.19. The summed E-state index contributed by atoms with van der Waals surface area (Å²) in [7, 11) is 0. The fraction of sp³-hybridized carbons (Fsp3) is 0.0476. The van der Waals surface area contributed by atoms with Gasteiger partial charge in [0, 0.05) is 47.7 Å². The van der Waals surface area contributed by atoms with Crippen molar-refractivity contribution in [3.63, 3.8) is 0 Å². The van der Waals surface area contributed by atoms with Gasteiger partial charge in [-0.2, -0.15) is 0 Å². The van der Waals surface area contributed by atoms with Crippen LogP contribution in [0.15, 0.2) is 71.8 Å². The van der Waals surface area contributed by atoms with E-state index in [4.69, 9.17) is 11.6 Å². The van der Waals surface area contributed by atoms with E-state index in [0.29, 0.717) is 28.3 Å². The Labute approximate surface area is 159 Å². The van der Waals surface area contributed by atoms with Gasteiger partial charge in [-0.3, -0.25) is 9.78 Å². The number of fused-ring (bicyclic) bond motifs is 1. The van der Waals surface area contributed by atoms with Crippen LogP contribution in [0.2, 0.25) is 5.02 Å². The van der Waals surface area contributed by atoms with E-state index in [1.54, 1.807) is 18.5 Å². The minimum Gasteiger partial charge on any atom is -0.508 e. The van der Waals surface area contributed by atoms with Gasteiger partial charge in [-0.15, -0.1) is 0 Å². The number of hydrogen-bond acceptors (Lipinski definition) is 4. The van der Waals surface area contributed by atoms with Crippen LogP contribution in [-0.4, -0.2) is 19.8 Å². The topological polar surface area (TPSA) is 75.4 Å². The summed E-state index contributed by atoms with van der Waals surface area (Å²) in [5, 5.41) is 20.9. The van der Waals surface area contributed by atoms with Crippen molar-refractivity contribution in [2.75, 3.05) is 0 Å². The third-order valence-electron chi connectivity index (χ3n) is 4.42. The molecule has 0 saturated heterocycles. The fourth-order valence-corrected chi connectivity index (χ4v) is 3.43. The molecule has 0 bridgehead atoms. The third kappa shape index (κ3) is 3.13. The molecule has 2 aromatic carbocycles. The van der Waals surface area contributed by atoms with Gasteiger partial charge < -0.3 is 14.8 Å². The van der Waals surface area contributed by atoms with Gasteiger partial charge in [-0.25, -0.2) is 0 Å². The maximum atomic E-state index is 12.7. The number of phenolic OH excluding ortho intramolecular Hbond substituents is 2. The van der Waals surface area contributed by atoms with Crippen molar-refractivity contribution >= 4 is 22.5 Å². The van der Waals surface area contributed by atoms with Crippen molar-refractivity contribution in [1.29, 1.82) is 0 Å². The molecule has 0 aliphatic heterocycles. The average Bonchev–Trinajstić information content (AvgIpc) is 2.64. The van der Waals surface area contributed by atoms with E-state index in [-0.39, 0.29) is 22.3 Å². The molecular weight excluding hydrogens is 364 g/mol. The van der Waals surface area contributed by atoms with Gasteiger partial charge in [0.1, 0.15) is 11.5 Å². The van der Waals surface area contributed by atoms with Crippen molar-refractivity contribution in [2.24, 2.45) is 0 Å². The number of nitrogens with zero attached hydrogens (tertiary/aromatic N) is 2. The normalized spacial score (nSPS) is 11.0. The van der Waals surface area contributed by atoms with E-state index in [1.807, 2.05) is 34.9 Å². The molecule has 0 spiro atoms. The molecule has 0 fully saturated rings. The number of rotatable bonds is 3. The second-order valence-corrected chi connectivity index (χ2v) is 6.58. The number of phenols is 2. The molecule has 4 aromatic rings. The quantitative estimate of drug-likeness (QED) is 0.561. The highest BCUT2D eigenvalue weighted by atomic mass is 35.5. The predicted octanol–water partition coefficient (Wildman–Crippen LogP) is 4.18. The van der Waals surface area contributed by atoms with Crippen LogP contribution in [0.3, 0.4) is 0 Å². The Bertz CT molecular complexity index is 1200. The molecule has 6 heteroatoms. The van der Waals surface area contributed by atoms with Crippen LogP contribution in [0.5, 0.6) is 11.5 Å². The van der Waals surface area contributed by atoms with E-state index in [9.17, 15) is 15.0 Å². The van der Waals surface area contributed by atoms with E-state index in [0.717, 1.165) is 11.6 Å². The van der Waals surface area contributed by atoms with Crippen molar-refractivity contribution in [3.05, 3.63) is 87.8 Å². The summed E-state index contributed by atoms with van der Waals surface area (Å²) >= 11 is 6.38. The Morgan fingerprint density at radius 1 is 1.00 bits per heavy atom. The van der Waals surface area contributed by atoms with Crippen LogP contribution >= 0.6 is 11.6 Å². The molecule has 0 aliphatic carbocycles. The van der Waals surface area contributed by atoms with E-state index in [1.165, 1.54) is 12.1 Å². The highest BCUT2D eigenvalue weighted by molar-refractivity contribution is 6.33. The van der Waals surface area contributed by atoms with Crippen LogP contribution in [0.4, 0.5) is 0 Å². The summed E-state index contributed by atoms with van der Waals surface area (Å²) in [5.74, 6) is -0.386. The lowest BCUT2D eigenvalue weighted by molar-refractivity contribution is 0.454. The van der Waals surface area contributed by atoms with Gasteiger partial charge in [0.25, 0.3) is 0 Å². The van der Waals surface area contributed by atoms with Gasteiger partial charge in [-0.05, 0) is 23.8 Å². The number of benzene rings is 2. The first-order valence-corrected chi connectivity index (χ1v) is 8.66. The second kappa shape index (κ2) is 6.78. The first-order valence-electron chi connectivity index (χ1n) is 8.28. The van der Waals surface area contributed by atoms with E-state index in [2.05, 4.69) is 4.98 Å². The van der Waals surface area contributed by atoms with Gasteiger partial charge in [0.15, 0.2) is 5.43 Å². The fourth-order valence-electron chi connectivity index (χ4n) is 3.20. The van der Waals surface area contributed by atoms with E-state index >= 15 is 0 Å². The van der Waals surface area contributed by atoms with Gasteiger partial charge in [0.05, 0.1) is 16.6 Å². The lowest BCUT2D eigenvalue weighted by atomic mass is 10.1. The first-order chi connectivity index (χ1) is 13.0. The Morgan fingerprint density at radius 2 is 1.74 bits per heavy atom. The Kier molecular flexibility index (Phi) is 4.30. The highest BCUT2D eigenvalue weighted by Gasteiger charge is 2.16. The zero-order chi connectivity index (χ0) is 19.0. The summed E-state index contributed by atoms with van der Waals surface area (Å²) in [6.07, 6.45) is 3.37. The zero-order valence-electron chi connectivity index (χ0n) is 14.1. The summed E-state index contributed by atoms with van der Waals surface area (Å²) < 4.78 is 1.85. The molecule has 0 saturated carbocycles. The maximum Gasteiger partial charge on any atom is 0.193 e.